The molecule has 3 N–H and O–H groups in total. The lowest BCUT2D eigenvalue weighted by molar-refractivity contribution is 0.0671. The summed E-state index contributed by atoms with van der Waals surface area (Å²) in [6, 6.07) is 14.2. The van der Waals surface area contributed by atoms with Crippen LogP contribution in [0.3, 0.4) is 0 Å². The molecule has 1 saturated carbocycles. The molecule has 1 heterocycles. The molecule has 0 radical (unpaired) electrons. The molecule has 0 unspecified atom stereocenters. The van der Waals surface area contributed by atoms with Crippen molar-refractivity contribution in [3.8, 4) is 11.6 Å². The molecule has 0 bridgehead atoms. The Bertz CT molecular complexity index is 642. The smallest absolute Gasteiger partial charge is 0.320 e. The van der Waals surface area contributed by atoms with Gasteiger partial charge < -0.3 is 15.2 Å². The lowest BCUT2D eigenvalue weighted by Gasteiger charge is -2.31. The molecular weight excluding hydrogens is 282 g/mol. The fraction of sp³-hybridized carbons (Fsp3) is 0.250. The molecule has 1 aliphatic rings. The molecule has 0 saturated heterocycles. The van der Waals surface area contributed by atoms with Crippen LogP contribution in [0.4, 0.5) is 10.6 Å². The topological polar surface area (TPSA) is 83.5 Å². The third kappa shape index (κ3) is 3.73. The molecule has 0 aliphatic heterocycles. The first-order valence-electron chi connectivity index (χ1n) is 7.14. The van der Waals surface area contributed by atoms with Crippen molar-refractivity contribution < 1.29 is 14.6 Å². The summed E-state index contributed by atoms with van der Waals surface area (Å²) >= 11 is 0. The normalized spacial score (nSPS) is 19.9. The number of anilines is 1. The van der Waals surface area contributed by atoms with Gasteiger partial charge in [-0.1, -0.05) is 24.3 Å². The number of rotatable bonds is 4. The fourth-order valence-corrected chi connectivity index (χ4v) is 2.19. The van der Waals surface area contributed by atoms with Gasteiger partial charge in [-0.05, 0) is 31.0 Å². The summed E-state index contributed by atoms with van der Waals surface area (Å²) in [5.74, 6) is 1.49. The average molecular weight is 299 g/mol. The summed E-state index contributed by atoms with van der Waals surface area (Å²) in [6.45, 7) is 0. The van der Waals surface area contributed by atoms with Crippen LogP contribution in [0.25, 0.3) is 0 Å². The van der Waals surface area contributed by atoms with Gasteiger partial charge in [0.25, 0.3) is 0 Å². The molecule has 2 aromatic rings. The largest absolute Gasteiger partial charge is 0.439 e. The van der Waals surface area contributed by atoms with Crippen molar-refractivity contribution >= 4 is 11.8 Å². The first-order chi connectivity index (χ1) is 10.7. The van der Waals surface area contributed by atoms with E-state index in [4.69, 9.17) is 4.74 Å². The van der Waals surface area contributed by atoms with Gasteiger partial charge in [0.1, 0.15) is 11.6 Å². The van der Waals surface area contributed by atoms with Gasteiger partial charge in [0.2, 0.25) is 5.88 Å². The Labute approximate surface area is 128 Å². The Kier molecular flexibility index (Phi) is 4.20. The van der Waals surface area contributed by atoms with Gasteiger partial charge in [0, 0.05) is 12.1 Å². The van der Waals surface area contributed by atoms with Gasteiger partial charge in [0.15, 0.2) is 0 Å². The molecule has 22 heavy (non-hydrogen) atoms. The molecule has 0 spiro atoms. The summed E-state index contributed by atoms with van der Waals surface area (Å²) in [7, 11) is 0. The maximum Gasteiger partial charge on any atom is 0.320 e. The van der Waals surface area contributed by atoms with E-state index in [0.29, 0.717) is 30.3 Å². The second kappa shape index (κ2) is 6.44. The van der Waals surface area contributed by atoms with Gasteiger partial charge in [-0.2, -0.15) is 4.98 Å². The zero-order valence-electron chi connectivity index (χ0n) is 11.9. The first kappa shape index (κ1) is 14.3. The molecule has 0 atom stereocenters. The Morgan fingerprint density at radius 3 is 2.64 bits per heavy atom. The van der Waals surface area contributed by atoms with E-state index in [1.54, 1.807) is 18.2 Å². The summed E-state index contributed by atoms with van der Waals surface area (Å²) in [5.41, 5.74) is 0. The third-order valence-corrected chi connectivity index (χ3v) is 3.38. The zero-order valence-corrected chi connectivity index (χ0v) is 11.9. The number of carbonyl (C=O) groups excluding carboxylic acids is 1. The van der Waals surface area contributed by atoms with Gasteiger partial charge in [0.05, 0.1) is 6.10 Å². The van der Waals surface area contributed by atoms with Crippen molar-refractivity contribution in [3.05, 3.63) is 48.5 Å². The van der Waals surface area contributed by atoms with Crippen LogP contribution in [-0.2, 0) is 0 Å². The SMILES string of the molecule is O=C(Nc1cccc(Oc2ccccc2)n1)NC1CC(O)C1. The molecule has 2 amide bonds. The summed E-state index contributed by atoms with van der Waals surface area (Å²) in [4.78, 5) is 16.0. The number of aromatic nitrogens is 1. The van der Waals surface area contributed by atoms with Crippen molar-refractivity contribution in [1.82, 2.24) is 10.3 Å². The van der Waals surface area contributed by atoms with Crippen LogP contribution in [-0.4, -0.2) is 28.3 Å². The Hall–Kier alpha value is -2.60. The van der Waals surface area contributed by atoms with Crippen LogP contribution in [0.2, 0.25) is 0 Å². The Morgan fingerprint density at radius 2 is 1.91 bits per heavy atom. The number of hydrogen-bond acceptors (Lipinski definition) is 4. The quantitative estimate of drug-likeness (QED) is 0.810. The van der Waals surface area contributed by atoms with Crippen molar-refractivity contribution in [3.63, 3.8) is 0 Å². The highest BCUT2D eigenvalue weighted by Gasteiger charge is 2.28. The average Bonchev–Trinajstić information content (AvgIpc) is 2.47. The van der Waals surface area contributed by atoms with Crippen LogP contribution in [0.5, 0.6) is 11.6 Å². The first-order valence-corrected chi connectivity index (χ1v) is 7.14. The lowest BCUT2D eigenvalue weighted by Crippen LogP contribution is -2.48. The maximum absolute atomic E-state index is 11.8. The standard InChI is InChI=1S/C16H17N3O3/c20-12-9-11(10-12)17-16(21)19-14-7-4-8-15(18-14)22-13-5-2-1-3-6-13/h1-8,11-12,20H,9-10H2,(H2,17,18,19,21). The molecule has 1 aromatic carbocycles. The number of nitrogens with one attached hydrogen (secondary N) is 2. The van der Waals surface area contributed by atoms with Crippen molar-refractivity contribution in [1.29, 1.82) is 0 Å². The number of hydrogen-bond donors (Lipinski definition) is 3. The number of benzene rings is 1. The number of pyridine rings is 1. The van der Waals surface area contributed by atoms with Gasteiger partial charge >= 0.3 is 6.03 Å². The number of para-hydroxylation sites is 1. The second-order valence-corrected chi connectivity index (χ2v) is 5.20. The number of nitrogens with zero attached hydrogens (tertiary/aromatic N) is 1. The van der Waals surface area contributed by atoms with E-state index in [9.17, 15) is 9.90 Å². The summed E-state index contributed by atoms with van der Waals surface area (Å²) in [6.07, 6.45) is 0.891. The lowest BCUT2D eigenvalue weighted by atomic mass is 9.90. The van der Waals surface area contributed by atoms with E-state index in [1.807, 2.05) is 30.3 Å². The molecule has 6 nitrogen and oxygen atoms in total. The highest BCUT2D eigenvalue weighted by atomic mass is 16.5. The number of aliphatic hydroxyl groups is 1. The predicted molar refractivity (Wildman–Crippen MR) is 81.9 cm³/mol. The number of ether oxygens (including phenoxy) is 1. The summed E-state index contributed by atoms with van der Waals surface area (Å²) in [5, 5.41) is 14.6. The van der Waals surface area contributed by atoms with Gasteiger partial charge in [-0.25, -0.2) is 4.79 Å². The predicted octanol–water partition coefficient (Wildman–Crippen LogP) is 2.52. The van der Waals surface area contributed by atoms with Crippen LogP contribution in [0.15, 0.2) is 48.5 Å². The van der Waals surface area contributed by atoms with E-state index in [2.05, 4.69) is 15.6 Å². The number of urea groups is 1. The monoisotopic (exact) mass is 299 g/mol. The van der Waals surface area contributed by atoms with Gasteiger partial charge in [-0.15, -0.1) is 0 Å². The van der Waals surface area contributed by atoms with Crippen LogP contribution in [0, 0.1) is 0 Å². The minimum Gasteiger partial charge on any atom is -0.439 e. The van der Waals surface area contributed by atoms with Crippen LogP contribution < -0.4 is 15.4 Å². The van der Waals surface area contributed by atoms with Crippen LogP contribution in [0.1, 0.15) is 12.8 Å². The highest BCUT2D eigenvalue weighted by Crippen LogP contribution is 2.21. The van der Waals surface area contributed by atoms with Crippen molar-refractivity contribution in [2.45, 2.75) is 25.0 Å². The van der Waals surface area contributed by atoms with E-state index in [-0.39, 0.29) is 18.2 Å². The highest BCUT2D eigenvalue weighted by molar-refractivity contribution is 5.88. The molecule has 6 heteroatoms. The summed E-state index contributed by atoms with van der Waals surface area (Å²) < 4.78 is 5.61. The Balaban J connectivity index is 1.58. The Morgan fingerprint density at radius 1 is 1.14 bits per heavy atom. The maximum atomic E-state index is 11.8. The minimum absolute atomic E-state index is 0.0266. The number of carbonyl (C=O) groups is 1. The zero-order chi connectivity index (χ0) is 15.4. The van der Waals surface area contributed by atoms with Crippen molar-refractivity contribution in [2.75, 3.05) is 5.32 Å². The molecule has 114 valence electrons. The molecule has 1 fully saturated rings. The van der Waals surface area contributed by atoms with E-state index in [0.717, 1.165) is 0 Å². The molecular formula is C16H17N3O3. The number of amides is 2. The second-order valence-electron chi connectivity index (χ2n) is 5.20. The van der Waals surface area contributed by atoms with Crippen molar-refractivity contribution in [2.24, 2.45) is 0 Å². The molecule has 1 aromatic heterocycles. The molecule has 1 aliphatic carbocycles. The van der Waals surface area contributed by atoms with Gasteiger partial charge in [-0.3, -0.25) is 5.32 Å². The van der Waals surface area contributed by atoms with E-state index in [1.165, 1.54) is 0 Å². The minimum atomic E-state index is -0.332. The third-order valence-electron chi connectivity index (χ3n) is 3.38. The van der Waals surface area contributed by atoms with Crippen LogP contribution >= 0.6 is 0 Å². The molecule has 3 rings (SSSR count). The van der Waals surface area contributed by atoms with E-state index >= 15 is 0 Å². The fourth-order valence-electron chi connectivity index (χ4n) is 2.19. The number of aliphatic hydroxyl groups excluding tert-OH is 1. The van der Waals surface area contributed by atoms with E-state index < -0.39 is 0 Å².